The normalized spacial score (nSPS) is 12.4. The first-order valence-electron chi connectivity index (χ1n) is 8.72. The van der Waals surface area contributed by atoms with Gasteiger partial charge >= 0.3 is 0 Å². The molecule has 0 saturated carbocycles. The highest BCUT2D eigenvalue weighted by Gasteiger charge is 2.18. The van der Waals surface area contributed by atoms with Gasteiger partial charge in [0.1, 0.15) is 11.5 Å². The van der Waals surface area contributed by atoms with Crippen molar-refractivity contribution in [1.82, 2.24) is 14.8 Å². The number of halogens is 1. The minimum atomic E-state index is -0.304. The zero-order chi connectivity index (χ0) is 19.0. The van der Waals surface area contributed by atoms with Gasteiger partial charge in [-0.05, 0) is 36.8 Å². The van der Waals surface area contributed by atoms with Gasteiger partial charge < -0.3 is 0 Å². The molecule has 27 heavy (non-hydrogen) atoms. The highest BCUT2D eigenvalue weighted by Crippen LogP contribution is 2.30. The first-order valence-corrected chi connectivity index (χ1v) is 9.53. The predicted octanol–water partition coefficient (Wildman–Crippen LogP) is 4.77. The largest absolute Gasteiger partial charge is 0.294 e. The molecule has 4 nitrogen and oxygen atoms in total. The van der Waals surface area contributed by atoms with Gasteiger partial charge in [-0.2, -0.15) is 5.10 Å². The molecule has 0 N–H and O–H groups in total. The quantitative estimate of drug-likeness (QED) is 0.513. The summed E-state index contributed by atoms with van der Waals surface area (Å²) in [6.45, 7) is 4.39. The third kappa shape index (κ3) is 3.40. The van der Waals surface area contributed by atoms with Gasteiger partial charge in [0.15, 0.2) is 5.52 Å². The van der Waals surface area contributed by atoms with Gasteiger partial charge in [-0.3, -0.25) is 4.79 Å². The van der Waals surface area contributed by atoms with Crippen LogP contribution in [0.2, 0.25) is 0 Å². The van der Waals surface area contributed by atoms with Gasteiger partial charge in [-0.25, -0.2) is 14.1 Å². The van der Waals surface area contributed by atoms with E-state index in [2.05, 4.69) is 17.0 Å². The summed E-state index contributed by atoms with van der Waals surface area (Å²) in [5.74, 6) is -0.184. The van der Waals surface area contributed by atoms with Crippen molar-refractivity contribution >= 4 is 21.6 Å². The van der Waals surface area contributed by atoms with Crippen LogP contribution in [0.5, 0.6) is 0 Å². The lowest BCUT2D eigenvalue weighted by atomic mass is 10.0. The fraction of sp³-hybridized carbons (Fsp3) is 0.190. The molecule has 0 bridgehead atoms. The fourth-order valence-electron chi connectivity index (χ4n) is 3.13. The van der Waals surface area contributed by atoms with Crippen molar-refractivity contribution in [3.63, 3.8) is 0 Å². The van der Waals surface area contributed by atoms with Gasteiger partial charge in [0.25, 0.3) is 5.56 Å². The van der Waals surface area contributed by atoms with E-state index < -0.39 is 0 Å². The Bertz CT molecular complexity index is 1150. The summed E-state index contributed by atoms with van der Waals surface area (Å²) in [7, 11) is 0. The molecule has 0 aliphatic heterocycles. The molecule has 2 aromatic carbocycles. The van der Waals surface area contributed by atoms with E-state index in [0.29, 0.717) is 17.8 Å². The summed E-state index contributed by atoms with van der Waals surface area (Å²) < 4.78 is 15.6. The van der Waals surface area contributed by atoms with Crippen molar-refractivity contribution in [2.75, 3.05) is 0 Å². The molecule has 1 unspecified atom stereocenters. The number of hydrogen-bond donors (Lipinski definition) is 0. The maximum atomic E-state index is 13.3. The van der Waals surface area contributed by atoms with Crippen LogP contribution in [0, 0.1) is 12.7 Å². The summed E-state index contributed by atoms with van der Waals surface area (Å²) >= 11 is 1.44. The van der Waals surface area contributed by atoms with E-state index in [0.717, 1.165) is 20.8 Å². The molecule has 0 amide bonds. The van der Waals surface area contributed by atoms with Crippen LogP contribution in [0.15, 0.2) is 59.4 Å². The zero-order valence-electron chi connectivity index (χ0n) is 15.0. The van der Waals surface area contributed by atoms with E-state index >= 15 is 0 Å². The van der Waals surface area contributed by atoms with Crippen LogP contribution in [-0.4, -0.2) is 14.8 Å². The van der Waals surface area contributed by atoms with Crippen molar-refractivity contribution in [3.05, 3.63) is 81.3 Å². The molecule has 0 radical (unpaired) electrons. The van der Waals surface area contributed by atoms with Crippen molar-refractivity contribution in [3.8, 4) is 11.3 Å². The van der Waals surface area contributed by atoms with E-state index in [9.17, 15) is 9.18 Å². The average molecular weight is 379 g/mol. The maximum absolute atomic E-state index is 13.3. The second-order valence-corrected chi connectivity index (χ2v) is 7.77. The van der Waals surface area contributed by atoms with E-state index in [1.807, 2.05) is 37.3 Å². The molecule has 2 aromatic heterocycles. The Balaban J connectivity index is 1.85. The zero-order valence-corrected chi connectivity index (χ0v) is 15.8. The molecular formula is C21H18FN3OS. The molecule has 1 atom stereocenters. The third-order valence-electron chi connectivity index (χ3n) is 4.54. The molecule has 0 fully saturated rings. The first kappa shape index (κ1) is 17.5. The van der Waals surface area contributed by atoms with Crippen LogP contribution in [0.1, 0.15) is 23.4 Å². The lowest BCUT2D eigenvalue weighted by Gasteiger charge is -2.14. The summed E-state index contributed by atoms with van der Waals surface area (Å²) in [4.78, 5) is 17.4. The van der Waals surface area contributed by atoms with E-state index in [1.54, 1.807) is 12.1 Å². The van der Waals surface area contributed by atoms with Crippen LogP contribution in [0.3, 0.4) is 0 Å². The average Bonchev–Trinajstić information content (AvgIpc) is 3.07. The van der Waals surface area contributed by atoms with Crippen LogP contribution in [0.4, 0.5) is 4.39 Å². The summed E-state index contributed by atoms with van der Waals surface area (Å²) in [6, 6.07) is 16.2. The van der Waals surface area contributed by atoms with Gasteiger partial charge in [-0.15, -0.1) is 11.3 Å². The fourth-order valence-corrected chi connectivity index (χ4v) is 4.05. The van der Waals surface area contributed by atoms with E-state index in [4.69, 9.17) is 0 Å². The number of aryl methyl sites for hydroxylation is 1. The molecule has 6 heteroatoms. The monoisotopic (exact) mass is 379 g/mol. The molecular weight excluding hydrogens is 361 g/mol. The Morgan fingerprint density at radius 1 is 1.11 bits per heavy atom. The number of hydrogen-bond acceptors (Lipinski definition) is 4. The molecule has 0 spiro atoms. The molecule has 4 aromatic rings. The van der Waals surface area contributed by atoms with Crippen molar-refractivity contribution in [2.45, 2.75) is 26.3 Å². The Labute approximate surface area is 159 Å². The summed E-state index contributed by atoms with van der Waals surface area (Å²) in [6.07, 6.45) is 0. The van der Waals surface area contributed by atoms with Crippen molar-refractivity contribution in [2.24, 2.45) is 0 Å². The second-order valence-electron chi connectivity index (χ2n) is 6.57. The lowest BCUT2D eigenvalue weighted by molar-refractivity contribution is 0.523. The Hall–Kier alpha value is -2.86. The van der Waals surface area contributed by atoms with Crippen LogP contribution in [-0.2, 0) is 6.54 Å². The number of rotatable bonds is 4. The molecule has 2 heterocycles. The van der Waals surface area contributed by atoms with E-state index in [-0.39, 0.29) is 17.3 Å². The van der Waals surface area contributed by atoms with Crippen LogP contribution >= 0.6 is 11.3 Å². The number of fused-ring (bicyclic) bond motifs is 1. The maximum Gasteiger partial charge on any atom is 0.294 e. The summed E-state index contributed by atoms with van der Waals surface area (Å²) in [5, 5.41) is 5.44. The van der Waals surface area contributed by atoms with Crippen LogP contribution in [0.25, 0.3) is 21.5 Å². The van der Waals surface area contributed by atoms with Crippen molar-refractivity contribution in [1.29, 1.82) is 0 Å². The number of nitrogens with zero attached hydrogens (tertiary/aromatic N) is 3. The lowest BCUT2D eigenvalue weighted by Crippen LogP contribution is -2.26. The van der Waals surface area contributed by atoms with Gasteiger partial charge in [0.05, 0.1) is 16.3 Å². The minimum absolute atomic E-state index is 0.120. The second kappa shape index (κ2) is 7.04. The standard InChI is InChI=1S/C21H18FN3OS/c1-13(15-6-4-3-5-7-15)12-25-21(26)19-20(27-14(2)23-19)18(24-25)16-8-10-17(22)11-9-16/h3-11,13H,12H2,1-2H3. The number of aromatic nitrogens is 3. The molecule has 0 aliphatic rings. The Kier molecular flexibility index (Phi) is 4.58. The van der Waals surface area contributed by atoms with Gasteiger partial charge in [-0.1, -0.05) is 37.3 Å². The minimum Gasteiger partial charge on any atom is -0.265 e. The predicted molar refractivity (Wildman–Crippen MR) is 107 cm³/mol. The Morgan fingerprint density at radius 3 is 2.52 bits per heavy atom. The molecule has 4 rings (SSSR count). The van der Waals surface area contributed by atoms with E-state index in [1.165, 1.54) is 28.2 Å². The molecule has 0 saturated heterocycles. The first-order chi connectivity index (χ1) is 13.0. The smallest absolute Gasteiger partial charge is 0.265 e. The third-order valence-corrected chi connectivity index (χ3v) is 5.52. The summed E-state index contributed by atoms with van der Waals surface area (Å²) in [5.41, 5.74) is 2.81. The van der Waals surface area contributed by atoms with Gasteiger partial charge in [0.2, 0.25) is 0 Å². The molecule has 136 valence electrons. The van der Waals surface area contributed by atoms with Crippen LogP contribution < -0.4 is 5.56 Å². The van der Waals surface area contributed by atoms with Crippen molar-refractivity contribution < 1.29 is 4.39 Å². The SMILES string of the molecule is Cc1nc2c(=O)n(CC(C)c3ccccc3)nc(-c3ccc(F)cc3)c2s1. The topological polar surface area (TPSA) is 47.8 Å². The molecule has 0 aliphatic carbocycles. The highest BCUT2D eigenvalue weighted by molar-refractivity contribution is 7.19. The number of benzene rings is 2. The highest BCUT2D eigenvalue weighted by atomic mass is 32.1. The Morgan fingerprint density at radius 2 is 1.81 bits per heavy atom. The van der Waals surface area contributed by atoms with Gasteiger partial charge in [0, 0.05) is 11.5 Å². The number of thiazole rings is 1.